The number of Topliss-reactive ketones (excluding diaryl/α,β-unsaturated/α-hetero) is 1. The molecular formula is C22H19F2NO5. The molecule has 0 aliphatic rings. The van der Waals surface area contributed by atoms with Gasteiger partial charge in [-0.1, -0.05) is 30.3 Å². The maximum Gasteiger partial charge on any atom is 0.387 e. The molecule has 0 spiro atoms. The summed E-state index contributed by atoms with van der Waals surface area (Å²) in [5.74, 6) is -1.28. The molecule has 2 aromatic carbocycles. The molecule has 3 rings (SSSR count). The Bertz CT molecular complexity index is 1090. The number of hydrogen-bond donors (Lipinski definition) is 1. The Labute approximate surface area is 171 Å². The van der Waals surface area contributed by atoms with Gasteiger partial charge in [0.2, 0.25) is 5.78 Å². The molecule has 0 saturated heterocycles. The van der Waals surface area contributed by atoms with Gasteiger partial charge in [-0.3, -0.25) is 4.79 Å². The van der Waals surface area contributed by atoms with Crippen LogP contribution < -0.4 is 9.47 Å². The van der Waals surface area contributed by atoms with Crippen molar-refractivity contribution in [3.63, 3.8) is 0 Å². The van der Waals surface area contributed by atoms with Gasteiger partial charge in [-0.2, -0.15) is 8.78 Å². The average molecular weight is 415 g/mol. The maximum absolute atomic E-state index is 12.7. The van der Waals surface area contributed by atoms with Crippen LogP contribution in [0, 0.1) is 0 Å². The molecule has 1 N–H and O–H groups in total. The highest BCUT2D eigenvalue weighted by Gasteiger charge is 2.21. The zero-order chi connectivity index (χ0) is 21.7. The molecule has 1 heterocycles. The number of aromatic amines is 1. The van der Waals surface area contributed by atoms with Crippen molar-refractivity contribution in [2.75, 3.05) is 7.11 Å². The summed E-state index contributed by atoms with van der Waals surface area (Å²) >= 11 is 0. The van der Waals surface area contributed by atoms with Gasteiger partial charge in [0.1, 0.15) is 0 Å². The molecule has 156 valence electrons. The van der Waals surface area contributed by atoms with Gasteiger partial charge in [-0.15, -0.1) is 0 Å². The van der Waals surface area contributed by atoms with Crippen molar-refractivity contribution < 1.29 is 32.6 Å². The predicted molar refractivity (Wildman–Crippen MR) is 107 cm³/mol. The second-order valence-electron chi connectivity index (χ2n) is 6.28. The lowest BCUT2D eigenvalue weighted by molar-refractivity contribution is -0.140. The molecule has 3 aromatic rings. The number of aromatic nitrogens is 1. The Balaban J connectivity index is 1.72. The molecule has 30 heavy (non-hydrogen) atoms. The van der Waals surface area contributed by atoms with Crippen LogP contribution in [0.15, 0.2) is 54.7 Å². The van der Waals surface area contributed by atoms with Crippen molar-refractivity contribution in [3.05, 3.63) is 65.9 Å². The Morgan fingerprint density at radius 2 is 1.87 bits per heavy atom. The third-order valence-corrected chi connectivity index (χ3v) is 4.35. The minimum atomic E-state index is -3.06. The van der Waals surface area contributed by atoms with Crippen LogP contribution in [0.1, 0.15) is 22.8 Å². The average Bonchev–Trinajstić information content (AvgIpc) is 3.16. The lowest BCUT2D eigenvalue weighted by Crippen LogP contribution is -2.23. The van der Waals surface area contributed by atoms with Gasteiger partial charge in [-0.25, -0.2) is 4.79 Å². The van der Waals surface area contributed by atoms with Crippen molar-refractivity contribution in [2.45, 2.75) is 19.6 Å². The molecule has 0 aliphatic heterocycles. The number of esters is 1. The number of halogens is 2. The predicted octanol–water partition coefficient (Wildman–Crippen LogP) is 4.61. The Morgan fingerprint density at radius 1 is 1.10 bits per heavy atom. The number of ether oxygens (including phenoxy) is 3. The zero-order valence-electron chi connectivity index (χ0n) is 16.2. The number of hydrogen-bond acceptors (Lipinski definition) is 5. The Morgan fingerprint density at radius 3 is 2.60 bits per heavy atom. The van der Waals surface area contributed by atoms with Gasteiger partial charge in [0.15, 0.2) is 17.6 Å². The zero-order valence-corrected chi connectivity index (χ0v) is 16.2. The first-order valence-electron chi connectivity index (χ1n) is 9.01. The number of rotatable bonds is 8. The van der Waals surface area contributed by atoms with E-state index in [-0.39, 0.29) is 22.8 Å². The molecule has 8 heteroatoms. The van der Waals surface area contributed by atoms with E-state index in [1.807, 2.05) is 12.1 Å². The first kappa shape index (κ1) is 21.0. The topological polar surface area (TPSA) is 77.6 Å². The first-order chi connectivity index (χ1) is 14.4. The smallest absolute Gasteiger partial charge is 0.387 e. The molecular weight excluding hydrogens is 396 g/mol. The number of carbonyl (C=O) groups excluding carboxylic acids is 2. The minimum Gasteiger partial charge on any atom is -0.493 e. The van der Waals surface area contributed by atoms with E-state index >= 15 is 0 Å². The molecule has 0 radical (unpaired) electrons. The Hall–Kier alpha value is -3.68. The van der Waals surface area contributed by atoms with Crippen LogP contribution in [0.4, 0.5) is 8.78 Å². The van der Waals surface area contributed by atoms with Gasteiger partial charge in [0, 0.05) is 34.3 Å². The van der Waals surface area contributed by atoms with Crippen LogP contribution in [0.3, 0.4) is 0 Å². The third kappa shape index (κ3) is 4.65. The van der Waals surface area contributed by atoms with Gasteiger partial charge in [-0.05, 0) is 25.1 Å². The molecule has 1 aromatic heterocycles. The quantitative estimate of drug-likeness (QED) is 0.330. The van der Waals surface area contributed by atoms with Crippen molar-refractivity contribution in [1.82, 2.24) is 4.98 Å². The van der Waals surface area contributed by atoms with E-state index in [0.29, 0.717) is 5.56 Å². The highest BCUT2D eigenvalue weighted by molar-refractivity contribution is 6.10. The van der Waals surface area contributed by atoms with Crippen LogP contribution in [-0.2, 0) is 9.53 Å². The normalized spacial score (nSPS) is 12.3. The fourth-order valence-corrected chi connectivity index (χ4v) is 2.96. The number of para-hydroxylation sites is 2. The van der Waals surface area contributed by atoms with Crippen LogP contribution >= 0.6 is 0 Å². The number of H-pyrrole nitrogens is 1. The monoisotopic (exact) mass is 415 g/mol. The van der Waals surface area contributed by atoms with Gasteiger partial charge in [0.25, 0.3) is 0 Å². The van der Waals surface area contributed by atoms with E-state index in [1.54, 1.807) is 24.4 Å². The molecule has 0 saturated carbocycles. The summed E-state index contributed by atoms with van der Waals surface area (Å²) in [6.45, 7) is -1.60. The van der Waals surface area contributed by atoms with E-state index in [1.165, 1.54) is 32.2 Å². The van der Waals surface area contributed by atoms with Crippen LogP contribution in [0.2, 0.25) is 0 Å². The number of fused-ring (bicyclic) bond motifs is 1. The molecule has 0 bridgehead atoms. The largest absolute Gasteiger partial charge is 0.493 e. The number of alkyl halides is 2. The highest BCUT2D eigenvalue weighted by atomic mass is 19.3. The number of carbonyl (C=O) groups is 2. The standard InChI is InChI=1S/C22H19F2NO5/c1-13(20(27)16-12-25-17-8-4-3-7-15(16)17)29-19(26)11-10-14-6-5-9-18(28-2)21(14)30-22(23)24/h3-13,22,25H,1-2H3/b11-10+/t13-/m0/s1. The molecule has 6 nitrogen and oxygen atoms in total. The van der Waals surface area contributed by atoms with Crippen LogP contribution in [0.5, 0.6) is 11.5 Å². The number of benzene rings is 2. The minimum absolute atomic E-state index is 0.0914. The number of nitrogens with one attached hydrogen (secondary N) is 1. The van der Waals surface area contributed by atoms with E-state index in [0.717, 1.165) is 17.0 Å². The van der Waals surface area contributed by atoms with Crippen LogP contribution in [-0.4, -0.2) is 36.6 Å². The van der Waals surface area contributed by atoms with E-state index in [4.69, 9.17) is 9.47 Å². The second-order valence-corrected chi connectivity index (χ2v) is 6.28. The van der Waals surface area contributed by atoms with E-state index in [2.05, 4.69) is 9.72 Å². The van der Waals surface area contributed by atoms with Crippen molar-refractivity contribution in [3.8, 4) is 11.5 Å². The number of ketones is 1. The molecule has 1 atom stereocenters. The van der Waals surface area contributed by atoms with E-state index in [9.17, 15) is 18.4 Å². The SMILES string of the molecule is COc1cccc(/C=C/C(=O)O[C@@H](C)C(=O)c2c[nH]c3ccccc23)c1OC(F)F. The number of methoxy groups -OCH3 is 1. The maximum atomic E-state index is 12.7. The molecule has 0 fully saturated rings. The Kier molecular flexibility index (Phi) is 6.46. The van der Waals surface area contributed by atoms with Gasteiger partial charge < -0.3 is 19.2 Å². The summed E-state index contributed by atoms with van der Waals surface area (Å²) in [6, 6.07) is 11.8. The van der Waals surface area contributed by atoms with Gasteiger partial charge in [0.05, 0.1) is 7.11 Å². The fraction of sp³-hybridized carbons (Fsp3) is 0.182. The lowest BCUT2D eigenvalue weighted by Gasteiger charge is -2.12. The molecule has 0 unspecified atom stereocenters. The first-order valence-corrected chi connectivity index (χ1v) is 9.01. The highest BCUT2D eigenvalue weighted by Crippen LogP contribution is 2.33. The van der Waals surface area contributed by atoms with Gasteiger partial charge >= 0.3 is 12.6 Å². The molecule has 0 aliphatic carbocycles. The summed E-state index contributed by atoms with van der Waals surface area (Å²) in [5, 5.41) is 0.728. The summed E-state index contributed by atoms with van der Waals surface area (Å²) < 4.78 is 40.1. The third-order valence-electron chi connectivity index (χ3n) is 4.35. The van der Waals surface area contributed by atoms with Crippen molar-refractivity contribution in [1.29, 1.82) is 0 Å². The second kappa shape index (κ2) is 9.21. The van der Waals surface area contributed by atoms with E-state index < -0.39 is 18.7 Å². The summed E-state index contributed by atoms with van der Waals surface area (Å²) in [5.41, 5.74) is 1.40. The lowest BCUT2D eigenvalue weighted by atomic mass is 10.1. The van der Waals surface area contributed by atoms with Crippen LogP contribution in [0.25, 0.3) is 17.0 Å². The summed E-state index contributed by atoms with van der Waals surface area (Å²) in [4.78, 5) is 27.8. The van der Waals surface area contributed by atoms with Crippen molar-refractivity contribution in [2.24, 2.45) is 0 Å². The molecule has 0 amide bonds. The van der Waals surface area contributed by atoms with Crippen molar-refractivity contribution >= 4 is 28.7 Å². The fourth-order valence-electron chi connectivity index (χ4n) is 2.96. The summed E-state index contributed by atoms with van der Waals surface area (Å²) in [7, 11) is 1.31. The summed E-state index contributed by atoms with van der Waals surface area (Å²) in [6.07, 6.45) is 2.82.